The SMILES string of the molecule is O=C1N/C(=N\c2nnc(C34CC5CC(CC(C5)C3)C4)s2)S/C1=C/c1ccccc1[N+](=O)[O-]. The second-order valence-corrected chi connectivity index (χ2v) is 11.4. The second-order valence-electron chi connectivity index (χ2n) is 9.39. The number of amides is 1. The van der Waals surface area contributed by atoms with Crippen LogP contribution in [0.3, 0.4) is 0 Å². The molecule has 0 radical (unpaired) electrons. The predicted molar refractivity (Wildman–Crippen MR) is 124 cm³/mol. The molecule has 8 nitrogen and oxygen atoms in total. The fraction of sp³-hybridized carbons (Fsp3) is 0.455. The lowest BCUT2D eigenvalue weighted by molar-refractivity contribution is -0.385. The van der Waals surface area contributed by atoms with E-state index in [1.807, 2.05) is 0 Å². The Labute approximate surface area is 192 Å². The van der Waals surface area contributed by atoms with Gasteiger partial charge in [-0.1, -0.05) is 23.5 Å². The number of hydrogen-bond acceptors (Lipinski definition) is 8. The van der Waals surface area contributed by atoms with Gasteiger partial charge in [-0.25, -0.2) is 0 Å². The van der Waals surface area contributed by atoms with Gasteiger partial charge in [0.05, 0.1) is 15.4 Å². The zero-order valence-electron chi connectivity index (χ0n) is 17.2. The first-order valence-corrected chi connectivity index (χ1v) is 12.5. The summed E-state index contributed by atoms with van der Waals surface area (Å²) in [4.78, 5) is 28.1. The molecule has 1 aliphatic heterocycles. The molecule has 32 heavy (non-hydrogen) atoms. The first-order valence-electron chi connectivity index (χ1n) is 10.8. The van der Waals surface area contributed by atoms with Gasteiger partial charge in [-0.3, -0.25) is 14.9 Å². The van der Waals surface area contributed by atoms with Gasteiger partial charge < -0.3 is 5.32 Å². The molecule has 1 aromatic heterocycles. The summed E-state index contributed by atoms with van der Waals surface area (Å²) in [5.41, 5.74) is 0.522. The van der Waals surface area contributed by atoms with Crippen molar-refractivity contribution in [2.24, 2.45) is 22.7 Å². The zero-order valence-corrected chi connectivity index (χ0v) is 18.8. The number of rotatable bonds is 4. The van der Waals surface area contributed by atoms with Crippen LogP contribution in [-0.2, 0) is 10.2 Å². The van der Waals surface area contributed by atoms with E-state index >= 15 is 0 Å². The number of benzene rings is 1. The van der Waals surface area contributed by atoms with Gasteiger partial charge in [-0.15, -0.1) is 10.2 Å². The summed E-state index contributed by atoms with van der Waals surface area (Å²) in [7, 11) is 0. The zero-order chi connectivity index (χ0) is 21.9. The molecule has 7 rings (SSSR count). The molecule has 0 spiro atoms. The molecule has 1 saturated heterocycles. The summed E-state index contributed by atoms with van der Waals surface area (Å²) in [6, 6.07) is 6.35. The lowest BCUT2D eigenvalue weighted by Gasteiger charge is -2.55. The Morgan fingerprint density at radius 3 is 2.50 bits per heavy atom. The van der Waals surface area contributed by atoms with Crippen molar-refractivity contribution in [2.75, 3.05) is 0 Å². The highest BCUT2D eigenvalue weighted by atomic mass is 32.2. The summed E-state index contributed by atoms with van der Waals surface area (Å²) in [6.45, 7) is 0. The van der Waals surface area contributed by atoms with E-state index in [2.05, 4.69) is 20.5 Å². The highest BCUT2D eigenvalue weighted by Crippen LogP contribution is 2.61. The third-order valence-electron chi connectivity index (χ3n) is 7.17. The molecule has 4 saturated carbocycles. The maximum atomic E-state index is 12.4. The Morgan fingerprint density at radius 1 is 1.12 bits per heavy atom. The number of thioether (sulfide) groups is 1. The Balaban J connectivity index is 1.23. The van der Waals surface area contributed by atoms with Gasteiger partial charge in [-0.2, -0.15) is 4.99 Å². The minimum atomic E-state index is -0.452. The van der Waals surface area contributed by atoms with E-state index in [1.54, 1.807) is 18.2 Å². The standard InChI is InChI=1S/C22H21N5O3S2/c28-18-17(8-15-3-1-2-4-16(15)27(29)30)31-20(23-18)24-21-26-25-19(32-21)22-9-12-5-13(10-22)7-14(6-12)11-22/h1-4,8,12-14H,5-7,9-11H2,(H,23,24,26,28)/b17-8+. The molecule has 1 aromatic carbocycles. The third-order valence-corrected chi connectivity index (χ3v) is 9.15. The van der Waals surface area contributed by atoms with Crippen molar-refractivity contribution in [3.63, 3.8) is 0 Å². The number of nitro groups is 1. The maximum absolute atomic E-state index is 12.4. The van der Waals surface area contributed by atoms with E-state index in [4.69, 9.17) is 0 Å². The predicted octanol–water partition coefficient (Wildman–Crippen LogP) is 4.81. The van der Waals surface area contributed by atoms with E-state index < -0.39 is 4.92 Å². The normalized spacial score (nSPS) is 33.2. The minimum Gasteiger partial charge on any atom is -0.300 e. The summed E-state index contributed by atoms with van der Waals surface area (Å²) in [5, 5.41) is 24.9. The smallest absolute Gasteiger partial charge is 0.276 e. The molecule has 0 atom stereocenters. The van der Waals surface area contributed by atoms with E-state index in [0.29, 0.717) is 20.8 Å². The van der Waals surface area contributed by atoms with Gasteiger partial charge in [0, 0.05) is 11.5 Å². The summed E-state index contributed by atoms with van der Waals surface area (Å²) in [6.07, 6.45) is 9.33. The second kappa shape index (κ2) is 7.48. The first-order chi connectivity index (χ1) is 15.5. The van der Waals surface area contributed by atoms with Crippen LogP contribution in [0.5, 0.6) is 0 Å². The Kier molecular flexibility index (Phi) is 4.69. The molecule has 1 amide bonds. The molecule has 1 N–H and O–H groups in total. The van der Waals surface area contributed by atoms with Crippen molar-refractivity contribution in [1.82, 2.24) is 15.5 Å². The largest absolute Gasteiger partial charge is 0.300 e. The number of hydrogen-bond donors (Lipinski definition) is 1. The van der Waals surface area contributed by atoms with Crippen LogP contribution in [0.2, 0.25) is 0 Å². The lowest BCUT2D eigenvalue weighted by Crippen LogP contribution is -2.48. The van der Waals surface area contributed by atoms with Crippen molar-refractivity contribution in [1.29, 1.82) is 0 Å². The fourth-order valence-corrected chi connectivity index (χ4v) is 8.14. The molecule has 4 bridgehead atoms. The first kappa shape index (κ1) is 20.0. The molecule has 0 unspecified atom stereocenters. The molecule has 164 valence electrons. The van der Waals surface area contributed by atoms with Crippen molar-refractivity contribution in [2.45, 2.75) is 43.9 Å². The Hall–Kier alpha value is -2.59. The van der Waals surface area contributed by atoms with Crippen LogP contribution in [0, 0.1) is 27.9 Å². The van der Waals surface area contributed by atoms with Crippen molar-refractivity contribution < 1.29 is 9.72 Å². The number of aliphatic imine (C=N–C) groups is 1. The highest BCUT2D eigenvalue weighted by molar-refractivity contribution is 8.18. The monoisotopic (exact) mass is 467 g/mol. The molecule has 2 aromatic rings. The molecular weight excluding hydrogens is 446 g/mol. The fourth-order valence-electron chi connectivity index (χ4n) is 6.33. The number of carbonyl (C=O) groups excluding carboxylic acids is 1. The maximum Gasteiger partial charge on any atom is 0.276 e. The highest BCUT2D eigenvalue weighted by Gasteiger charge is 2.53. The molecule has 10 heteroatoms. The Morgan fingerprint density at radius 2 is 1.81 bits per heavy atom. The van der Waals surface area contributed by atoms with Crippen LogP contribution in [0.4, 0.5) is 10.8 Å². The van der Waals surface area contributed by atoms with E-state index in [1.165, 1.54) is 62.0 Å². The number of nitrogens with zero attached hydrogens (tertiary/aromatic N) is 4. The van der Waals surface area contributed by atoms with Crippen LogP contribution >= 0.6 is 23.1 Å². The lowest BCUT2D eigenvalue weighted by atomic mass is 9.50. The van der Waals surface area contributed by atoms with Crippen LogP contribution in [0.25, 0.3) is 6.08 Å². The summed E-state index contributed by atoms with van der Waals surface area (Å²) >= 11 is 2.70. The average Bonchev–Trinajstić information content (AvgIpc) is 3.35. The van der Waals surface area contributed by atoms with Gasteiger partial charge in [0.1, 0.15) is 5.01 Å². The van der Waals surface area contributed by atoms with Crippen LogP contribution in [0.1, 0.15) is 49.1 Å². The van der Waals surface area contributed by atoms with Gasteiger partial charge in [0.2, 0.25) is 5.13 Å². The molecule has 5 fully saturated rings. The van der Waals surface area contributed by atoms with Gasteiger partial charge in [0.25, 0.3) is 11.6 Å². The quantitative estimate of drug-likeness (QED) is 0.393. The summed E-state index contributed by atoms with van der Waals surface area (Å²) < 4.78 is 0. The van der Waals surface area contributed by atoms with Crippen molar-refractivity contribution >= 4 is 51.1 Å². The topological polar surface area (TPSA) is 110 Å². The van der Waals surface area contributed by atoms with Gasteiger partial charge in [-0.05, 0) is 80.2 Å². The Bertz CT molecular complexity index is 1150. The molecular formula is C22H21N5O3S2. The van der Waals surface area contributed by atoms with Gasteiger partial charge in [0.15, 0.2) is 5.17 Å². The van der Waals surface area contributed by atoms with E-state index in [0.717, 1.165) is 34.5 Å². The number of nitrogens with one attached hydrogen (secondary N) is 1. The van der Waals surface area contributed by atoms with E-state index in [9.17, 15) is 14.9 Å². The number of amidine groups is 1. The molecule has 2 heterocycles. The number of para-hydroxylation sites is 1. The molecule has 4 aliphatic carbocycles. The van der Waals surface area contributed by atoms with Crippen LogP contribution < -0.4 is 5.32 Å². The number of carbonyl (C=O) groups is 1. The molecule has 5 aliphatic rings. The van der Waals surface area contributed by atoms with Crippen molar-refractivity contribution in [3.05, 3.63) is 49.9 Å². The number of nitro benzene ring substituents is 1. The minimum absolute atomic E-state index is 0.0388. The summed E-state index contributed by atoms with van der Waals surface area (Å²) in [5.74, 6) is 2.18. The van der Waals surface area contributed by atoms with Crippen molar-refractivity contribution in [3.8, 4) is 0 Å². The average molecular weight is 468 g/mol. The number of aromatic nitrogens is 2. The van der Waals surface area contributed by atoms with Crippen LogP contribution in [-0.4, -0.2) is 26.2 Å². The van der Waals surface area contributed by atoms with E-state index in [-0.39, 0.29) is 17.0 Å². The van der Waals surface area contributed by atoms with Crippen LogP contribution in [0.15, 0.2) is 34.2 Å². The third kappa shape index (κ3) is 3.45. The van der Waals surface area contributed by atoms with Gasteiger partial charge >= 0.3 is 0 Å².